The summed E-state index contributed by atoms with van der Waals surface area (Å²) in [6, 6.07) is 3.50. The van der Waals surface area contributed by atoms with E-state index in [-0.39, 0.29) is 5.95 Å². The summed E-state index contributed by atoms with van der Waals surface area (Å²) in [6.45, 7) is 0.524. The van der Waals surface area contributed by atoms with Crippen molar-refractivity contribution in [2.45, 2.75) is 6.54 Å². The van der Waals surface area contributed by atoms with Crippen LogP contribution in [0.25, 0.3) is 0 Å². The topological polar surface area (TPSA) is 89.9 Å². The highest BCUT2D eigenvalue weighted by atomic mass is 16.5. The Labute approximate surface area is 80.1 Å². The van der Waals surface area contributed by atoms with Crippen molar-refractivity contribution in [1.29, 1.82) is 0 Å². The number of hydrogen-bond acceptors (Lipinski definition) is 6. The number of aromatic nitrogens is 3. The van der Waals surface area contributed by atoms with Crippen molar-refractivity contribution < 1.29 is 4.52 Å². The van der Waals surface area contributed by atoms with Gasteiger partial charge >= 0.3 is 0 Å². The molecule has 72 valence electrons. The lowest BCUT2D eigenvalue weighted by Crippen LogP contribution is -2.03. The van der Waals surface area contributed by atoms with Crippen molar-refractivity contribution in [3.63, 3.8) is 0 Å². The van der Waals surface area contributed by atoms with Crippen LogP contribution in [0.15, 0.2) is 29.0 Å². The van der Waals surface area contributed by atoms with Crippen LogP contribution in [0.3, 0.4) is 0 Å². The number of nitrogens with zero attached hydrogens (tertiary/aromatic N) is 3. The Morgan fingerprint density at radius 1 is 1.36 bits per heavy atom. The molecule has 0 amide bonds. The molecule has 6 nitrogen and oxygen atoms in total. The van der Waals surface area contributed by atoms with Gasteiger partial charge in [-0.3, -0.25) is 0 Å². The first-order chi connectivity index (χ1) is 6.84. The summed E-state index contributed by atoms with van der Waals surface area (Å²) >= 11 is 0. The molecular weight excluding hydrogens is 182 g/mol. The van der Waals surface area contributed by atoms with E-state index in [1.54, 1.807) is 24.5 Å². The Bertz CT molecular complexity index is 400. The molecule has 0 fully saturated rings. The van der Waals surface area contributed by atoms with E-state index in [0.717, 1.165) is 5.76 Å². The zero-order valence-corrected chi connectivity index (χ0v) is 7.34. The maximum atomic E-state index is 5.41. The van der Waals surface area contributed by atoms with Gasteiger partial charge in [0.05, 0.1) is 12.7 Å². The number of anilines is 2. The molecule has 0 saturated heterocycles. The predicted molar refractivity (Wildman–Crippen MR) is 50.3 cm³/mol. The van der Waals surface area contributed by atoms with Crippen molar-refractivity contribution in [1.82, 2.24) is 15.1 Å². The third-order valence-electron chi connectivity index (χ3n) is 1.61. The van der Waals surface area contributed by atoms with Crippen molar-refractivity contribution >= 4 is 11.8 Å². The zero-order valence-electron chi connectivity index (χ0n) is 7.34. The third kappa shape index (κ3) is 1.98. The average Bonchev–Trinajstić information content (AvgIpc) is 2.67. The van der Waals surface area contributed by atoms with Gasteiger partial charge in [0.15, 0.2) is 5.76 Å². The van der Waals surface area contributed by atoms with E-state index < -0.39 is 0 Å². The molecule has 2 aromatic rings. The highest BCUT2D eigenvalue weighted by Crippen LogP contribution is 2.05. The van der Waals surface area contributed by atoms with Gasteiger partial charge in [-0.1, -0.05) is 5.16 Å². The van der Waals surface area contributed by atoms with E-state index in [1.807, 2.05) is 0 Å². The molecule has 0 aliphatic rings. The standard InChI is InChI=1S/C8H9N5O/c9-8-10-3-2-7(13-8)11-5-6-1-4-12-14-6/h1-4H,5H2,(H3,9,10,11,13). The molecule has 0 aromatic carbocycles. The zero-order chi connectivity index (χ0) is 9.80. The molecule has 3 N–H and O–H groups in total. The fourth-order valence-corrected chi connectivity index (χ4v) is 0.983. The van der Waals surface area contributed by atoms with E-state index >= 15 is 0 Å². The fraction of sp³-hybridized carbons (Fsp3) is 0.125. The molecule has 2 rings (SSSR count). The Kier molecular flexibility index (Phi) is 2.26. The molecule has 14 heavy (non-hydrogen) atoms. The molecule has 0 unspecified atom stereocenters. The quantitative estimate of drug-likeness (QED) is 0.740. The molecule has 0 aliphatic carbocycles. The van der Waals surface area contributed by atoms with Crippen molar-refractivity contribution in [2.75, 3.05) is 11.1 Å². The van der Waals surface area contributed by atoms with E-state index in [9.17, 15) is 0 Å². The first-order valence-corrected chi connectivity index (χ1v) is 4.06. The van der Waals surface area contributed by atoms with Crippen LogP contribution in [0, 0.1) is 0 Å². The summed E-state index contributed by atoms with van der Waals surface area (Å²) in [4.78, 5) is 7.74. The van der Waals surface area contributed by atoms with E-state index in [2.05, 4.69) is 20.4 Å². The molecule has 2 heterocycles. The van der Waals surface area contributed by atoms with Gasteiger partial charge in [0.1, 0.15) is 5.82 Å². The molecular formula is C8H9N5O. The maximum absolute atomic E-state index is 5.41. The number of hydrogen-bond donors (Lipinski definition) is 2. The summed E-state index contributed by atoms with van der Waals surface area (Å²) in [5.74, 6) is 1.64. The van der Waals surface area contributed by atoms with Crippen LogP contribution in [-0.2, 0) is 6.54 Å². The minimum absolute atomic E-state index is 0.243. The number of nitrogens with two attached hydrogens (primary N) is 1. The molecule has 0 aliphatic heterocycles. The van der Waals surface area contributed by atoms with Crippen LogP contribution in [0.4, 0.5) is 11.8 Å². The number of nitrogen functional groups attached to an aromatic ring is 1. The van der Waals surface area contributed by atoms with Gasteiger partial charge in [0, 0.05) is 12.3 Å². The smallest absolute Gasteiger partial charge is 0.221 e. The highest BCUT2D eigenvalue weighted by Gasteiger charge is 1.98. The summed E-state index contributed by atoms with van der Waals surface area (Å²) < 4.78 is 4.90. The van der Waals surface area contributed by atoms with Gasteiger partial charge in [-0.15, -0.1) is 0 Å². The van der Waals surface area contributed by atoms with Gasteiger partial charge < -0.3 is 15.6 Å². The largest absolute Gasteiger partial charge is 0.368 e. The van der Waals surface area contributed by atoms with Crippen LogP contribution in [0.1, 0.15) is 5.76 Å². The van der Waals surface area contributed by atoms with Crippen LogP contribution < -0.4 is 11.1 Å². The first-order valence-electron chi connectivity index (χ1n) is 4.06. The van der Waals surface area contributed by atoms with Crippen LogP contribution in [0.5, 0.6) is 0 Å². The summed E-state index contributed by atoms with van der Waals surface area (Å²) in [7, 11) is 0. The van der Waals surface area contributed by atoms with Gasteiger partial charge in [0.2, 0.25) is 5.95 Å². The summed E-state index contributed by atoms with van der Waals surface area (Å²) in [5.41, 5.74) is 5.41. The molecule has 0 radical (unpaired) electrons. The van der Waals surface area contributed by atoms with Crippen LogP contribution >= 0.6 is 0 Å². The van der Waals surface area contributed by atoms with Gasteiger partial charge in [-0.25, -0.2) is 4.98 Å². The lowest BCUT2D eigenvalue weighted by molar-refractivity contribution is 0.388. The first kappa shape index (κ1) is 8.49. The second-order valence-electron chi connectivity index (χ2n) is 2.63. The summed E-state index contributed by atoms with van der Waals surface area (Å²) in [6.07, 6.45) is 3.18. The Hall–Kier alpha value is -2.11. The third-order valence-corrected chi connectivity index (χ3v) is 1.61. The van der Waals surface area contributed by atoms with E-state index in [0.29, 0.717) is 12.4 Å². The van der Waals surface area contributed by atoms with Gasteiger partial charge in [0.25, 0.3) is 0 Å². The van der Waals surface area contributed by atoms with Gasteiger partial charge in [-0.05, 0) is 6.07 Å². The van der Waals surface area contributed by atoms with Crippen LogP contribution in [0.2, 0.25) is 0 Å². The minimum Gasteiger partial charge on any atom is -0.368 e. The fourth-order valence-electron chi connectivity index (χ4n) is 0.983. The van der Waals surface area contributed by atoms with Gasteiger partial charge in [-0.2, -0.15) is 4.98 Å². The van der Waals surface area contributed by atoms with Crippen LogP contribution in [-0.4, -0.2) is 15.1 Å². The molecule has 2 aromatic heterocycles. The molecule has 0 saturated carbocycles. The molecule has 0 atom stereocenters. The molecule has 6 heteroatoms. The Morgan fingerprint density at radius 3 is 3.00 bits per heavy atom. The van der Waals surface area contributed by atoms with Crippen molar-refractivity contribution in [3.8, 4) is 0 Å². The Morgan fingerprint density at radius 2 is 2.29 bits per heavy atom. The lowest BCUT2D eigenvalue weighted by atomic mass is 10.4. The monoisotopic (exact) mass is 191 g/mol. The lowest BCUT2D eigenvalue weighted by Gasteiger charge is -2.01. The predicted octanol–water partition coefficient (Wildman–Crippen LogP) is 0.659. The number of nitrogens with one attached hydrogen (secondary N) is 1. The van der Waals surface area contributed by atoms with E-state index in [1.165, 1.54) is 0 Å². The van der Waals surface area contributed by atoms with Crippen molar-refractivity contribution in [2.24, 2.45) is 0 Å². The SMILES string of the molecule is Nc1nccc(NCc2ccno2)n1. The normalized spacial score (nSPS) is 10.0. The second-order valence-corrected chi connectivity index (χ2v) is 2.63. The maximum Gasteiger partial charge on any atom is 0.221 e. The highest BCUT2D eigenvalue weighted by molar-refractivity contribution is 5.37. The summed E-state index contributed by atoms with van der Waals surface area (Å²) in [5, 5.41) is 6.60. The van der Waals surface area contributed by atoms with E-state index in [4.69, 9.17) is 10.3 Å². The molecule has 0 spiro atoms. The number of rotatable bonds is 3. The molecule has 0 bridgehead atoms. The minimum atomic E-state index is 0.243. The van der Waals surface area contributed by atoms with Crippen molar-refractivity contribution in [3.05, 3.63) is 30.3 Å². The second kappa shape index (κ2) is 3.73. The Balaban J connectivity index is 1.98. The average molecular weight is 191 g/mol.